The molecule has 1 saturated heterocycles. The lowest BCUT2D eigenvalue weighted by atomic mass is 9.73. The van der Waals surface area contributed by atoms with Crippen LogP contribution in [0.25, 0.3) is 0 Å². The molecule has 41 heavy (non-hydrogen) atoms. The zero-order valence-corrected chi connectivity index (χ0v) is 22.5. The SMILES string of the molecule is CCCC1CCC(C2CCC(c3cc(F)c(C(F)(F)Oc4ccc(O/C=C/C(F)(F)F)c(F)c4)c(F)c3)OC2)CC1. The molecule has 2 fully saturated rings. The average molecular weight is 593 g/mol. The van der Waals surface area contributed by atoms with Crippen molar-refractivity contribution in [2.45, 2.75) is 76.7 Å². The molecule has 2 atom stereocenters. The van der Waals surface area contributed by atoms with Gasteiger partial charge in [0, 0.05) is 6.07 Å². The lowest BCUT2D eigenvalue weighted by molar-refractivity contribution is -0.189. The van der Waals surface area contributed by atoms with Gasteiger partial charge >= 0.3 is 12.3 Å². The molecule has 0 amide bonds. The van der Waals surface area contributed by atoms with Crippen molar-refractivity contribution in [2.75, 3.05) is 6.61 Å². The highest BCUT2D eigenvalue weighted by molar-refractivity contribution is 5.35. The number of alkyl halides is 5. The molecule has 0 radical (unpaired) electrons. The first-order valence-electron chi connectivity index (χ1n) is 13.7. The van der Waals surface area contributed by atoms with E-state index in [2.05, 4.69) is 16.4 Å². The zero-order chi connectivity index (χ0) is 29.8. The molecule has 0 bridgehead atoms. The first-order valence-corrected chi connectivity index (χ1v) is 13.7. The monoisotopic (exact) mass is 592 g/mol. The first-order chi connectivity index (χ1) is 19.4. The Morgan fingerprint density at radius 3 is 2.07 bits per heavy atom. The lowest BCUT2D eigenvalue weighted by Gasteiger charge is -2.38. The van der Waals surface area contributed by atoms with Crippen molar-refractivity contribution in [1.29, 1.82) is 0 Å². The maximum absolute atomic E-state index is 14.9. The van der Waals surface area contributed by atoms with Gasteiger partial charge in [0.25, 0.3) is 0 Å². The van der Waals surface area contributed by atoms with Gasteiger partial charge in [0.15, 0.2) is 11.6 Å². The molecule has 226 valence electrons. The number of halogens is 8. The van der Waals surface area contributed by atoms with Gasteiger partial charge in [-0.3, -0.25) is 0 Å². The number of rotatable bonds is 9. The minimum atomic E-state index is -4.70. The standard InChI is InChI=1S/C30H32F8O3/c1-2-3-18-4-6-19(7-5-18)20-8-10-26(40-17-20)21-14-24(32)28(25(33)15-21)30(37,38)41-22-9-11-27(23(31)16-22)39-13-12-29(34,35)36/h9,11-16,18-20,26H,2-8,10,17H2,1H3/b13-12+. The van der Waals surface area contributed by atoms with Crippen molar-refractivity contribution in [2.24, 2.45) is 17.8 Å². The molecule has 3 nitrogen and oxygen atoms in total. The Morgan fingerprint density at radius 2 is 1.51 bits per heavy atom. The molecule has 11 heteroatoms. The average Bonchev–Trinajstić information content (AvgIpc) is 2.89. The van der Waals surface area contributed by atoms with E-state index in [4.69, 9.17) is 4.74 Å². The molecule has 0 N–H and O–H groups in total. The second kappa shape index (κ2) is 13.0. The summed E-state index contributed by atoms with van der Waals surface area (Å²) >= 11 is 0. The van der Waals surface area contributed by atoms with Crippen LogP contribution in [-0.4, -0.2) is 12.8 Å². The summed E-state index contributed by atoms with van der Waals surface area (Å²) in [5.41, 5.74) is -1.56. The van der Waals surface area contributed by atoms with Crippen molar-refractivity contribution in [3.05, 3.63) is 71.2 Å². The Morgan fingerprint density at radius 1 is 0.854 bits per heavy atom. The topological polar surface area (TPSA) is 27.7 Å². The molecule has 1 aliphatic carbocycles. The minimum absolute atomic E-state index is 0.101. The molecule has 2 aliphatic rings. The van der Waals surface area contributed by atoms with E-state index in [0.717, 1.165) is 49.4 Å². The fourth-order valence-electron chi connectivity index (χ4n) is 5.84. The summed E-state index contributed by atoms with van der Waals surface area (Å²) in [6, 6.07) is 3.49. The van der Waals surface area contributed by atoms with E-state index >= 15 is 0 Å². The molecular formula is C30H32F8O3. The minimum Gasteiger partial charge on any atom is -0.462 e. The highest BCUT2D eigenvalue weighted by Gasteiger charge is 2.42. The van der Waals surface area contributed by atoms with E-state index in [0.29, 0.717) is 30.9 Å². The van der Waals surface area contributed by atoms with Crippen LogP contribution >= 0.6 is 0 Å². The quantitative estimate of drug-likeness (QED) is 0.214. The smallest absolute Gasteiger partial charge is 0.432 e. The molecule has 0 spiro atoms. The first kappa shape index (κ1) is 31.1. The maximum atomic E-state index is 14.9. The second-order valence-electron chi connectivity index (χ2n) is 10.8. The van der Waals surface area contributed by atoms with Crippen LogP contribution in [0.15, 0.2) is 42.7 Å². The van der Waals surface area contributed by atoms with E-state index in [9.17, 15) is 35.1 Å². The van der Waals surface area contributed by atoms with Crippen LogP contribution in [0.5, 0.6) is 11.5 Å². The van der Waals surface area contributed by atoms with Crippen LogP contribution in [0.4, 0.5) is 35.1 Å². The van der Waals surface area contributed by atoms with Crippen molar-refractivity contribution < 1.29 is 49.3 Å². The van der Waals surface area contributed by atoms with Crippen LogP contribution in [0, 0.1) is 35.2 Å². The van der Waals surface area contributed by atoms with Crippen molar-refractivity contribution >= 4 is 0 Å². The van der Waals surface area contributed by atoms with Crippen LogP contribution < -0.4 is 9.47 Å². The summed E-state index contributed by atoms with van der Waals surface area (Å²) in [5.74, 6) is -4.28. The Bertz CT molecular complexity index is 1170. The Labute approximate surface area is 233 Å². The normalized spacial score (nSPS) is 24.0. The highest BCUT2D eigenvalue weighted by atomic mass is 19.4. The number of hydrogen-bond donors (Lipinski definition) is 0. The summed E-state index contributed by atoms with van der Waals surface area (Å²) in [6.07, 6.45) is -1.54. The summed E-state index contributed by atoms with van der Waals surface area (Å²) in [4.78, 5) is 0. The third kappa shape index (κ3) is 8.14. The highest BCUT2D eigenvalue weighted by Crippen LogP contribution is 2.43. The summed E-state index contributed by atoms with van der Waals surface area (Å²) in [6.45, 7) is 2.63. The molecule has 4 rings (SSSR count). The summed E-state index contributed by atoms with van der Waals surface area (Å²) < 4.78 is 125. The van der Waals surface area contributed by atoms with E-state index in [-0.39, 0.29) is 17.9 Å². The predicted molar refractivity (Wildman–Crippen MR) is 135 cm³/mol. The van der Waals surface area contributed by atoms with Crippen molar-refractivity contribution in [1.82, 2.24) is 0 Å². The third-order valence-electron chi connectivity index (χ3n) is 7.89. The van der Waals surface area contributed by atoms with Crippen molar-refractivity contribution in [3.63, 3.8) is 0 Å². The fraction of sp³-hybridized carbons (Fsp3) is 0.533. The molecule has 1 aliphatic heterocycles. The van der Waals surface area contributed by atoms with Gasteiger partial charge in [-0.1, -0.05) is 32.6 Å². The maximum Gasteiger partial charge on any atom is 0.432 e. The van der Waals surface area contributed by atoms with E-state index in [1.54, 1.807) is 0 Å². The van der Waals surface area contributed by atoms with E-state index in [1.165, 1.54) is 25.7 Å². The van der Waals surface area contributed by atoms with Gasteiger partial charge in [-0.25, -0.2) is 13.2 Å². The van der Waals surface area contributed by atoms with Gasteiger partial charge in [-0.05, 0) is 73.3 Å². The predicted octanol–water partition coefficient (Wildman–Crippen LogP) is 9.76. The van der Waals surface area contributed by atoms with Crippen molar-refractivity contribution in [3.8, 4) is 11.5 Å². The number of benzene rings is 2. The Hall–Kier alpha value is -2.82. The van der Waals surface area contributed by atoms with Crippen LogP contribution in [0.1, 0.15) is 75.5 Å². The Balaban J connectivity index is 1.38. The van der Waals surface area contributed by atoms with Crippen LogP contribution in [0.3, 0.4) is 0 Å². The largest absolute Gasteiger partial charge is 0.462 e. The lowest BCUT2D eigenvalue weighted by Crippen LogP contribution is -2.30. The van der Waals surface area contributed by atoms with Gasteiger partial charge in [0.1, 0.15) is 22.9 Å². The van der Waals surface area contributed by atoms with Gasteiger partial charge in [0.05, 0.1) is 25.0 Å². The van der Waals surface area contributed by atoms with Gasteiger partial charge in [0.2, 0.25) is 0 Å². The van der Waals surface area contributed by atoms with E-state index < -0.39 is 52.9 Å². The summed E-state index contributed by atoms with van der Waals surface area (Å²) in [7, 11) is 0. The van der Waals surface area contributed by atoms with Gasteiger partial charge in [-0.15, -0.1) is 0 Å². The number of hydrogen-bond acceptors (Lipinski definition) is 3. The van der Waals surface area contributed by atoms with E-state index in [1.807, 2.05) is 0 Å². The molecular weight excluding hydrogens is 560 g/mol. The van der Waals surface area contributed by atoms with Crippen LogP contribution in [-0.2, 0) is 10.8 Å². The molecule has 1 saturated carbocycles. The fourth-order valence-corrected chi connectivity index (χ4v) is 5.84. The third-order valence-corrected chi connectivity index (χ3v) is 7.89. The molecule has 1 heterocycles. The van der Waals surface area contributed by atoms with Gasteiger partial charge in [-0.2, -0.15) is 22.0 Å². The molecule has 2 aromatic carbocycles. The molecule has 0 aromatic heterocycles. The summed E-state index contributed by atoms with van der Waals surface area (Å²) in [5, 5.41) is 0. The number of ether oxygens (including phenoxy) is 3. The molecule has 2 unspecified atom stereocenters. The second-order valence-corrected chi connectivity index (χ2v) is 10.8. The Kier molecular flexibility index (Phi) is 9.87. The number of allylic oxidation sites excluding steroid dienone is 1. The van der Waals surface area contributed by atoms with Gasteiger partial charge < -0.3 is 14.2 Å². The molecule has 2 aromatic rings. The van der Waals surface area contributed by atoms with Crippen LogP contribution in [0.2, 0.25) is 0 Å². The zero-order valence-electron chi connectivity index (χ0n) is 22.5.